The van der Waals surface area contributed by atoms with Crippen LogP contribution in [0.4, 0.5) is 0 Å². The Morgan fingerprint density at radius 1 is 1.06 bits per heavy atom. The first-order valence-corrected chi connectivity index (χ1v) is 11.0. The second-order valence-corrected chi connectivity index (χ2v) is 9.59. The minimum Gasteiger partial charge on any atom is -0.360 e. The molecule has 5 rings (SSSR count). The van der Waals surface area contributed by atoms with Crippen LogP contribution in [0.15, 0.2) is 42.7 Å². The lowest BCUT2D eigenvalue weighted by Crippen LogP contribution is -2.45. The minimum absolute atomic E-state index is 0.0993. The maximum absolute atomic E-state index is 13.2. The molecule has 7 nitrogen and oxygen atoms in total. The molecule has 4 heterocycles. The predicted octanol–water partition coefficient (Wildman–Crippen LogP) is 3.98. The van der Waals surface area contributed by atoms with Gasteiger partial charge in [0.2, 0.25) is 0 Å². The van der Waals surface area contributed by atoms with Crippen molar-refractivity contribution in [3.05, 3.63) is 65.0 Å². The monoisotopic (exact) mass is 430 g/mol. The highest BCUT2D eigenvalue weighted by Crippen LogP contribution is 2.33. The molecule has 1 saturated heterocycles. The number of carbonyl (C=O) groups is 3. The Bertz CT molecular complexity index is 1250. The van der Waals surface area contributed by atoms with Crippen LogP contribution in [0, 0.1) is 0 Å². The Kier molecular flexibility index (Phi) is 4.65. The van der Waals surface area contributed by atoms with Gasteiger partial charge in [0.15, 0.2) is 0 Å². The van der Waals surface area contributed by atoms with E-state index in [9.17, 15) is 14.4 Å². The third-order valence-corrected chi connectivity index (χ3v) is 6.49. The number of amides is 3. The molecule has 1 fully saturated rings. The molecule has 32 heavy (non-hydrogen) atoms. The summed E-state index contributed by atoms with van der Waals surface area (Å²) in [6, 6.07) is 8.79. The molecule has 3 aromatic rings. The first-order valence-electron chi connectivity index (χ1n) is 11.0. The zero-order valence-corrected chi connectivity index (χ0v) is 18.5. The molecular formula is C25H26N4O3. The highest BCUT2D eigenvalue weighted by molar-refractivity contribution is 6.22. The fourth-order valence-corrected chi connectivity index (χ4v) is 4.85. The molecule has 0 saturated carbocycles. The average molecular weight is 431 g/mol. The Morgan fingerprint density at radius 2 is 1.78 bits per heavy atom. The van der Waals surface area contributed by atoms with Crippen molar-refractivity contribution in [3.8, 4) is 0 Å². The lowest BCUT2D eigenvalue weighted by atomic mass is 9.90. The van der Waals surface area contributed by atoms with Crippen molar-refractivity contribution in [2.75, 3.05) is 13.1 Å². The van der Waals surface area contributed by atoms with Crippen molar-refractivity contribution >= 4 is 28.8 Å². The molecule has 0 atom stereocenters. The third-order valence-electron chi connectivity index (χ3n) is 6.49. The van der Waals surface area contributed by atoms with Crippen LogP contribution in [0.25, 0.3) is 11.0 Å². The largest absolute Gasteiger partial charge is 0.360 e. The number of rotatable bonds is 2. The lowest BCUT2D eigenvalue weighted by molar-refractivity contribution is 0.0507. The molecule has 2 aliphatic rings. The van der Waals surface area contributed by atoms with Gasteiger partial charge < -0.3 is 9.88 Å². The number of nitrogens with one attached hydrogen (secondary N) is 1. The normalized spacial score (nSPS) is 17.3. The van der Waals surface area contributed by atoms with Gasteiger partial charge in [-0.15, -0.1) is 0 Å². The number of likely N-dealkylation sites (tertiary alicyclic amines) is 1. The smallest absolute Gasteiger partial charge is 0.262 e. The molecule has 3 amide bonds. The molecule has 164 valence electrons. The van der Waals surface area contributed by atoms with Crippen LogP contribution in [0.5, 0.6) is 0 Å². The number of carbonyl (C=O) groups excluding carboxylic acids is 3. The van der Waals surface area contributed by atoms with Gasteiger partial charge in [0.1, 0.15) is 0 Å². The summed E-state index contributed by atoms with van der Waals surface area (Å²) >= 11 is 0. The van der Waals surface area contributed by atoms with Crippen LogP contribution in [0.2, 0.25) is 0 Å². The summed E-state index contributed by atoms with van der Waals surface area (Å²) in [5.41, 5.74) is 3.76. The summed E-state index contributed by atoms with van der Waals surface area (Å²) in [6.07, 6.45) is 5.55. The van der Waals surface area contributed by atoms with E-state index in [1.165, 1.54) is 10.5 Å². The van der Waals surface area contributed by atoms with E-state index >= 15 is 0 Å². The number of nitrogens with zero attached hydrogens (tertiary/aromatic N) is 3. The molecule has 0 spiro atoms. The van der Waals surface area contributed by atoms with E-state index in [1.807, 2.05) is 44.0 Å². The van der Waals surface area contributed by atoms with Crippen LogP contribution in [-0.4, -0.2) is 56.1 Å². The summed E-state index contributed by atoms with van der Waals surface area (Å²) in [7, 11) is 0. The lowest BCUT2D eigenvalue weighted by Gasteiger charge is -2.32. The van der Waals surface area contributed by atoms with Gasteiger partial charge in [-0.25, -0.2) is 0 Å². The number of piperidine rings is 1. The third kappa shape index (κ3) is 3.20. The Balaban J connectivity index is 1.32. The molecule has 0 aliphatic carbocycles. The summed E-state index contributed by atoms with van der Waals surface area (Å²) in [4.78, 5) is 49.6. The number of hydrogen-bond acceptors (Lipinski definition) is 4. The van der Waals surface area contributed by atoms with Crippen LogP contribution >= 0.6 is 0 Å². The average Bonchev–Trinajstić information content (AvgIpc) is 3.32. The summed E-state index contributed by atoms with van der Waals surface area (Å²) in [5, 5.41) is 0. The molecule has 2 aliphatic heterocycles. The highest BCUT2D eigenvalue weighted by atomic mass is 16.2. The molecule has 7 heteroatoms. The van der Waals surface area contributed by atoms with Crippen LogP contribution in [-0.2, 0) is 0 Å². The van der Waals surface area contributed by atoms with Crippen molar-refractivity contribution < 1.29 is 14.4 Å². The van der Waals surface area contributed by atoms with E-state index in [1.54, 1.807) is 24.4 Å². The standard InChI is InChI=1S/C25H26N4O3/c1-25(2,3)29-23(31)17-7-6-16(13-18(17)24(29)32)22(30)28-11-8-15(9-12-28)19-14-27-20-5-4-10-26-21(19)20/h4-7,10,13-15,27H,8-9,11-12H2,1-3H3. The molecule has 0 radical (unpaired) electrons. The van der Waals surface area contributed by atoms with E-state index in [0.717, 1.165) is 23.9 Å². The number of aromatic amines is 1. The number of imide groups is 1. The van der Waals surface area contributed by atoms with E-state index in [0.29, 0.717) is 35.7 Å². The Hall–Kier alpha value is -3.48. The minimum atomic E-state index is -0.615. The fourth-order valence-electron chi connectivity index (χ4n) is 4.85. The van der Waals surface area contributed by atoms with Crippen molar-refractivity contribution in [3.63, 3.8) is 0 Å². The van der Waals surface area contributed by atoms with Gasteiger partial charge in [0.05, 0.1) is 22.2 Å². The van der Waals surface area contributed by atoms with Gasteiger partial charge in [-0.05, 0) is 75.4 Å². The van der Waals surface area contributed by atoms with Gasteiger partial charge in [0.25, 0.3) is 17.7 Å². The number of aromatic nitrogens is 2. The Morgan fingerprint density at radius 3 is 2.50 bits per heavy atom. The molecule has 0 unspecified atom stereocenters. The van der Waals surface area contributed by atoms with Crippen LogP contribution in [0.1, 0.15) is 76.2 Å². The van der Waals surface area contributed by atoms with Gasteiger partial charge in [-0.1, -0.05) is 0 Å². The highest BCUT2D eigenvalue weighted by Gasteiger charge is 2.42. The van der Waals surface area contributed by atoms with Crippen molar-refractivity contribution in [2.24, 2.45) is 0 Å². The van der Waals surface area contributed by atoms with Crippen molar-refractivity contribution in [1.82, 2.24) is 19.8 Å². The molecular weight excluding hydrogens is 404 g/mol. The zero-order chi connectivity index (χ0) is 22.6. The topological polar surface area (TPSA) is 86.4 Å². The molecule has 0 bridgehead atoms. The SMILES string of the molecule is CC(C)(C)N1C(=O)c2ccc(C(=O)N3CCC(c4c[nH]c5cccnc45)CC3)cc2C1=O. The fraction of sp³-hybridized carbons (Fsp3) is 0.360. The maximum Gasteiger partial charge on any atom is 0.262 e. The number of hydrogen-bond donors (Lipinski definition) is 1. The maximum atomic E-state index is 13.2. The van der Waals surface area contributed by atoms with Crippen molar-refractivity contribution in [1.29, 1.82) is 0 Å². The number of H-pyrrole nitrogens is 1. The number of pyridine rings is 1. The van der Waals surface area contributed by atoms with Gasteiger partial charge in [-0.3, -0.25) is 24.3 Å². The Labute approximate surface area is 186 Å². The second-order valence-electron chi connectivity index (χ2n) is 9.59. The zero-order valence-electron chi connectivity index (χ0n) is 18.5. The first kappa shape index (κ1) is 20.4. The quantitative estimate of drug-likeness (QED) is 0.623. The van der Waals surface area contributed by atoms with E-state index in [2.05, 4.69) is 9.97 Å². The molecule has 1 N–H and O–H groups in total. The molecule has 1 aromatic carbocycles. The number of benzene rings is 1. The summed E-state index contributed by atoms with van der Waals surface area (Å²) in [6.45, 7) is 6.76. The number of fused-ring (bicyclic) bond motifs is 2. The molecule has 2 aromatic heterocycles. The van der Waals surface area contributed by atoms with Gasteiger partial charge in [-0.2, -0.15) is 0 Å². The second kappa shape index (κ2) is 7.29. The van der Waals surface area contributed by atoms with Crippen LogP contribution in [0.3, 0.4) is 0 Å². The van der Waals surface area contributed by atoms with Crippen LogP contribution < -0.4 is 0 Å². The summed E-state index contributed by atoms with van der Waals surface area (Å²) < 4.78 is 0. The van der Waals surface area contributed by atoms with E-state index in [-0.39, 0.29) is 17.7 Å². The van der Waals surface area contributed by atoms with Gasteiger partial charge >= 0.3 is 0 Å². The first-order chi connectivity index (χ1) is 15.3. The van der Waals surface area contributed by atoms with Gasteiger partial charge in [0, 0.05) is 36.6 Å². The van der Waals surface area contributed by atoms with E-state index < -0.39 is 5.54 Å². The van der Waals surface area contributed by atoms with Crippen molar-refractivity contribution in [2.45, 2.75) is 45.1 Å². The summed E-state index contributed by atoms with van der Waals surface area (Å²) in [5.74, 6) is -0.387. The predicted molar refractivity (Wildman–Crippen MR) is 121 cm³/mol. The van der Waals surface area contributed by atoms with E-state index in [4.69, 9.17) is 0 Å².